The third-order valence-corrected chi connectivity index (χ3v) is 2.23. The second-order valence-electron chi connectivity index (χ2n) is 2.42. The van der Waals surface area contributed by atoms with E-state index in [-0.39, 0.29) is 19.0 Å². The van der Waals surface area contributed by atoms with E-state index in [4.69, 9.17) is 34.0 Å². The molecule has 3 N–H and O–H groups in total. The van der Waals surface area contributed by atoms with Gasteiger partial charge in [-0.05, 0) is 12.1 Å². The maximum atomic E-state index is 8.79. The predicted octanol–water partition coefficient (Wildman–Crippen LogP) is 2.41. The van der Waals surface area contributed by atoms with Crippen molar-refractivity contribution in [3.05, 3.63) is 33.8 Å². The largest absolute Gasteiger partial charge is 0.394 e. The van der Waals surface area contributed by atoms with Crippen molar-refractivity contribution in [2.24, 2.45) is 5.73 Å². The third kappa shape index (κ3) is 3.01. The molecule has 2 nitrogen and oxygen atoms in total. The van der Waals surface area contributed by atoms with E-state index >= 15 is 0 Å². The molecule has 13 heavy (non-hydrogen) atoms. The second kappa shape index (κ2) is 5.68. The monoisotopic (exact) mass is 241 g/mol. The van der Waals surface area contributed by atoms with Crippen molar-refractivity contribution >= 4 is 35.6 Å². The van der Waals surface area contributed by atoms with Crippen molar-refractivity contribution in [3.63, 3.8) is 0 Å². The highest BCUT2D eigenvalue weighted by Gasteiger charge is 2.12. The lowest BCUT2D eigenvalue weighted by atomic mass is 10.1. The first-order valence-corrected chi connectivity index (χ1v) is 4.22. The zero-order valence-corrected chi connectivity index (χ0v) is 9.03. The molecule has 1 atom stereocenters. The van der Waals surface area contributed by atoms with Crippen LogP contribution in [0.5, 0.6) is 0 Å². The first-order chi connectivity index (χ1) is 5.66. The normalized spacial score (nSPS) is 12.0. The number of aliphatic hydroxyl groups is 1. The summed E-state index contributed by atoms with van der Waals surface area (Å²) in [4.78, 5) is 0. The van der Waals surface area contributed by atoms with Crippen LogP contribution in [0.25, 0.3) is 0 Å². The molecular formula is C8H10Cl3NO. The van der Waals surface area contributed by atoms with Crippen molar-refractivity contribution in [2.75, 3.05) is 6.61 Å². The standard InChI is InChI=1S/C8H9Cl2NO.ClH/c9-5-2-1-3-6(10)8(5)7(11)4-12;/h1-3,7,12H,4,11H2;1H. The molecule has 0 heterocycles. The van der Waals surface area contributed by atoms with Gasteiger partial charge >= 0.3 is 0 Å². The summed E-state index contributed by atoms with van der Waals surface area (Å²) in [6.07, 6.45) is 0. The Balaban J connectivity index is 0.00000144. The molecule has 0 amide bonds. The van der Waals surface area contributed by atoms with Gasteiger partial charge in [-0.1, -0.05) is 29.3 Å². The second-order valence-corrected chi connectivity index (χ2v) is 3.24. The fraction of sp³-hybridized carbons (Fsp3) is 0.250. The van der Waals surface area contributed by atoms with Crippen LogP contribution < -0.4 is 5.73 Å². The Labute approximate surface area is 93.1 Å². The molecule has 1 rings (SSSR count). The summed E-state index contributed by atoms with van der Waals surface area (Å²) in [5.41, 5.74) is 6.18. The van der Waals surface area contributed by atoms with E-state index < -0.39 is 6.04 Å². The van der Waals surface area contributed by atoms with Gasteiger partial charge in [0.25, 0.3) is 0 Å². The lowest BCUT2D eigenvalue weighted by Crippen LogP contribution is -2.15. The SMILES string of the molecule is Cl.NC(CO)c1c(Cl)cccc1Cl. The van der Waals surface area contributed by atoms with Gasteiger partial charge in [0.2, 0.25) is 0 Å². The Kier molecular flexibility index (Phi) is 5.68. The summed E-state index contributed by atoms with van der Waals surface area (Å²) in [5, 5.41) is 9.77. The molecule has 0 aromatic heterocycles. The summed E-state index contributed by atoms with van der Waals surface area (Å²) in [6.45, 7) is -0.163. The number of aliphatic hydroxyl groups excluding tert-OH is 1. The Morgan fingerprint density at radius 2 is 1.77 bits per heavy atom. The van der Waals surface area contributed by atoms with Crippen LogP contribution in [-0.4, -0.2) is 11.7 Å². The van der Waals surface area contributed by atoms with E-state index in [1.54, 1.807) is 18.2 Å². The minimum Gasteiger partial charge on any atom is -0.394 e. The number of nitrogens with two attached hydrogens (primary N) is 1. The third-order valence-electron chi connectivity index (χ3n) is 1.57. The van der Waals surface area contributed by atoms with E-state index in [1.807, 2.05) is 0 Å². The average molecular weight is 243 g/mol. The molecule has 1 aromatic carbocycles. The Hall–Kier alpha value is 0.01000. The highest BCUT2D eigenvalue weighted by molar-refractivity contribution is 6.36. The molecule has 0 radical (unpaired) electrons. The number of rotatable bonds is 2. The number of hydrogen-bond donors (Lipinski definition) is 2. The minimum atomic E-state index is -0.508. The number of halogens is 3. The molecule has 74 valence electrons. The zero-order chi connectivity index (χ0) is 9.14. The zero-order valence-electron chi connectivity index (χ0n) is 6.71. The summed E-state index contributed by atoms with van der Waals surface area (Å²) in [7, 11) is 0. The summed E-state index contributed by atoms with van der Waals surface area (Å²) < 4.78 is 0. The number of hydrogen-bond acceptors (Lipinski definition) is 2. The maximum absolute atomic E-state index is 8.79. The average Bonchev–Trinajstić information content (AvgIpc) is 2.03. The van der Waals surface area contributed by atoms with Gasteiger partial charge in [-0.3, -0.25) is 0 Å². The molecular weight excluding hydrogens is 232 g/mol. The van der Waals surface area contributed by atoms with Crippen molar-refractivity contribution in [3.8, 4) is 0 Å². The lowest BCUT2D eigenvalue weighted by molar-refractivity contribution is 0.268. The van der Waals surface area contributed by atoms with Gasteiger partial charge in [0.15, 0.2) is 0 Å². The molecule has 0 fully saturated rings. The summed E-state index contributed by atoms with van der Waals surface area (Å²) in [6, 6.07) is 4.61. The molecule has 1 unspecified atom stereocenters. The summed E-state index contributed by atoms with van der Waals surface area (Å²) >= 11 is 11.7. The van der Waals surface area contributed by atoms with Gasteiger partial charge in [-0.2, -0.15) is 0 Å². The lowest BCUT2D eigenvalue weighted by Gasteiger charge is -2.11. The van der Waals surface area contributed by atoms with Crippen LogP contribution in [0.3, 0.4) is 0 Å². The quantitative estimate of drug-likeness (QED) is 0.837. The van der Waals surface area contributed by atoms with Crippen molar-refractivity contribution < 1.29 is 5.11 Å². The van der Waals surface area contributed by atoms with E-state index in [0.717, 1.165) is 0 Å². The molecule has 0 bridgehead atoms. The molecule has 0 saturated heterocycles. The molecule has 5 heteroatoms. The Bertz CT molecular complexity index is 260. The van der Waals surface area contributed by atoms with Gasteiger partial charge in [0.05, 0.1) is 12.6 Å². The molecule has 1 aromatic rings. The molecule has 0 aliphatic carbocycles. The topological polar surface area (TPSA) is 46.2 Å². The molecule has 0 aliphatic rings. The maximum Gasteiger partial charge on any atom is 0.0625 e. The van der Waals surface area contributed by atoms with Gasteiger partial charge in [0, 0.05) is 15.6 Å². The van der Waals surface area contributed by atoms with E-state index in [0.29, 0.717) is 15.6 Å². The van der Waals surface area contributed by atoms with E-state index in [2.05, 4.69) is 0 Å². The molecule has 0 spiro atoms. The van der Waals surface area contributed by atoms with Crippen LogP contribution in [0.15, 0.2) is 18.2 Å². The smallest absolute Gasteiger partial charge is 0.0625 e. The van der Waals surface area contributed by atoms with Crippen LogP contribution >= 0.6 is 35.6 Å². The number of benzene rings is 1. The highest BCUT2D eigenvalue weighted by Crippen LogP contribution is 2.28. The van der Waals surface area contributed by atoms with Crippen molar-refractivity contribution in [1.82, 2.24) is 0 Å². The van der Waals surface area contributed by atoms with Crippen LogP contribution in [0.1, 0.15) is 11.6 Å². The minimum absolute atomic E-state index is 0. The predicted molar refractivity (Wildman–Crippen MR) is 57.7 cm³/mol. The fourth-order valence-corrected chi connectivity index (χ4v) is 1.63. The first-order valence-electron chi connectivity index (χ1n) is 3.47. The van der Waals surface area contributed by atoms with Crippen molar-refractivity contribution in [2.45, 2.75) is 6.04 Å². The molecule has 0 aliphatic heterocycles. The highest BCUT2D eigenvalue weighted by atomic mass is 35.5. The van der Waals surface area contributed by atoms with Crippen LogP contribution in [0, 0.1) is 0 Å². The van der Waals surface area contributed by atoms with Gasteiger partial charge < -0.3 is 10.8 Å². The van der Waals surface area contributed by atoms with Gasteiger partial charge in [0.1, 0.15) is 0 Å². The Morgan fingerprint density at radius 1 is 1.31 bits per heavy atom. The summed E-state index contributed by atoms with van der Waals surface area (Å²) in [5.74, 6) is 0. The van der Waals surface area contributed by atoms with Gasteiger partial charge in [-0.25, -0.2) is 0 Å². The molecule has 0 saturated carbocycles. The van der Waals surface area contributed by atoms with Crippen LogP contribution in [0.2, 0.25) is 10.0 Å². The van der Waals surface area contributed by atoms with Crippen LogP contribution in [-0.2, 0) is 0 Å². The van der Waals surface area contributed by atoms with E-state index in [9.17, 15) is 0 Å². The van der Waals surface area contributed by atoms with Crippen molar-refractivity contribution in [1.29, 1.82) is 0 Å². The van der Waals surface area contributed by atoms with Crippen LogP contribution in [0.4, 0.5) is 0 Å². The van der Waals surface area contributed by atoms with E-state index in [1.165, 1.54) is 0 Å². The Morgan fingerprint density at radius 3 is 2.15 bits per heavy atom. The van der Waals surface area contributed by atoms with Gasteiger partial charge in [-0.15, -0.1) is 12.4 Å². The fourth-order valence-electron chi connectivity index (χ4n) is 0.956. The first kappa shape index (κ1) is 13.0.